The van der Waals surface area contributed by atoms with Gasteiger partial charge in [0.2, 0.25) is 0 Å². The highest BCUT2D eigenvalue weighted by Gasteiger charge is 2.08. The molecule has 1 amide bonds. The van der Waals surface area contributed by atoms with E-state index in [-0.39, 0.29) is 5.91 Å². The lowest BCUT2D eigenvalue weighted by atomic mass is 10.0. The topological polar surface area (TPSA) is 43.6 Å². The Hall–Kier alpha value is -2.40. The number of hydrogen-bond acceptors (Lipinski definition) is 3. The van der Waals surface area contributed by atoms with Gasteiger partial charge in [-0.2, -0.15) is 4.99 Å². The highest BCUT2D eigenvalue weighted by atomic mass is 32.1. The monoisotopic (exact) mass is 340 g/mol. The van der Waals surface area contributed by atoms with Crippen molar-refractivity contribution in [3.63, 3.8) is 0 Å². The van der Waals surface area contributed by atoms with E-state index in [1.165, 1.54) is 11.3 Å². The van der Waals surface area contributed by atoms with E-state index in [4.69, 9.17) is 4.74 Å². The quantitative estimate of drug-likeness (QED) is 0.732. The number of benzene rings is 2. The molecule has 0 radical (unpaired) electrons. The van der Waals surface area contributed by atoms with Crippen LogP contribution in [0, 0.1) is 13.8 Å². The molecule has 3 aromatic rings. The average Bonchev–Trinajstić information content (AvgIpc) is 2.86. The van der Waals surface area contributed by atoms with Crippen molar-refractivity contribution in [1.29, 1.82) is 0 Å². The summed E-state index contributed by atoms with van der Waals surface area (Å²) in [5.74, 6) is 0.676. The van der Waals surface area contributed by atoms with Gasteiger partial charge in [0.15, 0.2) is 4.80 Å². The number of rotatable bonds is 3. The van der Waals surface area contributed by atoms with E-state index in [1.54, 1.807) is 7.11 Å². The average molecular weight is 340 g/mol. The Kier molecular flexibility index (Phi) is 4.53. The van der Waals surface area contributed by atoms with Crippen LogP contribution in [0.4, 0.5) is 0 Å². The largest absolute Gasteiger partial charge is 0.497 e. The summed E-state index contributed by atoms with van der Waals surface area (Å²) in [6.45, 7) is 4.05. The van der Waals surface area contributed by atoms with Gasteiger partial charge in [0.25, 0.3) is 5.91 Å². The zero-order chi connectivity index (χ0) is 17.3. The van der Waals surface area contributed by atoms with Gasteiger partial charge in [-0.05, 0) is 43.2 Å². The Bertz CT molecular complexity index is 983. The summed E-state index contributed by atoms with van der Waals surface area (Å²) in [4.78, 5) is 17.4. The number of thiazole rings is 1. The van der Waals surface area contributed by atoms with Gasteiger partial charge >= 0.3 is 0 Å². The number of hydrogen-bond donors (Lipinski definition) is 0. The number of aryl methyl sites for hydroxylation is 3. The van der Waals surface area contributed by atoms with E-state index >= 15 is 0 Å². The van der Waals surface area contributed by atoms with Crippen LogP contribution in [-0.2, 0) is 18.3 Å². The van der Waals surface area contributed by atoms with Crippen molar-refractivity contribution in [3.8, 4) is 5.75 Å². The molecule has 3 rings (SSSR count). The minimum Gasteiger partial charge on any atom is -0.497 e. The van der Waals surface area contributed by atoms with Crippen LogP contribution in [0.3, 0.4) is 0 Å². The van der Waals surface area contributed by atoms with Crippen LogP contribution >= 0.6 is 11.3 Å². The van der Waals surface area contributed by atoms with Gasteiger partial charge in [-0.15, -0.1) is 0 Å². The maximum absolute atomic E-state index is 12.4. The van der Waals surface area contributed by atoms with E-state index in [9.17, 15) is 4.79 Å². The maximum Gasteiger partial charge on any atom is 0.252 e. The second kappa shape index (κ2) is 6.61. The predicted molar refractivity (Wildman–Crippen MR) is 97.5 cm³/mol. The van der Waals surface area contributed by atoms with Crippen molar-refractivity contribution in [2.45, 2.75) is 20.3 Å². The lowest BCUT2D eigenvalue weighted by Crippen LogP contribution is -2.14. The van der Waals surface area contributed by atoms with Gasteiger partial charge in [-0.25, -0.2) is 0 Å². The standard InChI is InChI=1S/C19H20N2O2S/c1-12-5-6-13(2)14(9-12)10-18(22)20-19-21(3)16-8-7-15(23-4)11-17(16)24-19/h5-9,11H,10H2,1-4H3. The lowest BCUT2D eigenvalue weighted by molar-refractivity contribution is -0.117. The normalized spacial score (nSPS) is 11.9. The molecule has 0 bridgehead atoms. The smallest absolute Gasteiger partial charge is 0.252 e. The molecule has 4 nitrogen and oxygen atoms in total. The summed E-state index contributed by atoms with van der Waals surface area (Å²) < 4.78 is 8.25. The Labute approximate surface area is 145 Å². The second-order valence-corrected chi connectivity index (χ2v) is 6.90. The van der Waals surface area contributed by atoms with Crippen LogP contribution in [0.15, 0.2) is 41.4 Å². The minimum absolute atomic E-state index is 0.127. The summed E-state index contributed by atoms with van der Waals surface area (Å²) in [6.07, 6.45) is 0.324. The van der Waals surface area contributed by atoms with Crippen molar-refractivity contribution < 1.29 is 9.53 Å². The fourth-order valence-electron chi connectivity index (χ4n) is 2.65. The van der Waals surface area contributed by atoms with Crippen LogP contribution in [0.1, 0.15) is 16.7 Å². The number of nitrogens with zero attached hydrogens (tertiary/aromatic N) is 2. The van der Waals surface area contributed by atoms with E-state index in [2.05, 4.69) is 17.1 Å². The zero-order valence-electron chi connectivity index (χ0n) is 14.3. The molecule has 0 aliphatic carbocycles. The molecule has 0 aliphatic heterocycles. The van der Waals surface area contributed by atoms with E-state index in [0.717, 1.165) is 32.7 Å². The number of fused-ring (bicyclic) bond motifs is 1. The number of amides is 1. The molecule has 0 atom stereocenters. The highest BCUT2D eigenvalue weighted by molar-refractivity contribution is 7.16. The van der Waals surface area contributed by atoms with Gasteiger partial charge in [0.1, 0.15) is 5.75 Å². The Balaban J connectivity index is 1.95. The Morgan fingerprint density at radius 2 is 2.00 bits per heavy atom. The third-order valence-electron chi connectivity index (χ3n) is 4.08. The fourth-order valence-corrected chi connectivity index (χ4v) is 3.71. The first-order valence-corrected chi connectivity index (χ1v) is 8.57. The molecule has 0 fully saturated rings. The number of aromatic nitrogens is 1. The molecule has 2 aromatic carbocycles. The molecule has 124 valence electrons. The summed E-state index contributed by atoms with van der Waals surface area (Å²) in [7, 11) is 3.57. The highest BCUT2D eigenvalue weighted by Crippen LogP contribution is 2.22. The van der Waals surface area contributed by atoms with E-state index in [1.807, 2.05) is 49.7 Å². The molecule has 0 saturated heterocycles. The van der Waals surface area contributed by atoms with Crippen LogP contribution < -0.4 is 9.54 Å². The summed E-state index contributed by atoms with van der Waals surface area (Å²) in [6, 6.07) is 12.0. The third kappa shape index (κ3) is 3.26. The summed E-state index contributed by atoms with van der Waals surface area (Å²) in [5, 5.41) is 0. The molecule has 5 heteroatoms. The first-order valence-electron chi connectivity index (χ1n) is 7.75. The van der Waals surface area contributed by atoms with Crippen LogP contribution in [0.25, 0.3) is 10.2 Å². The number of methoxy groups -OCH3 is 1. The van der Waals surface area contributed by atoms with Crippen molar-refractivity contribution in [2.75, 3.05) is 7.11 Å². The molecular weight excluding hydrogens is 320 g/mol. The van der Waals surface area contributed by atoms with Crippen molar-refractivity contribution >= 4 is 27.5 Å². The predicted octanol–water partition coefficient (Wildman–Crippen LogP) is 3.54. The molecule has 0 saturated carbocycles. The maximum atomic E-state index is 12.4. The number of carbonyl (C=O) groups excluding carboxylic acids is 1. The van der Waals surface area contributed by atoms with Gasteiger partial charge in [0, 0.05) is 7.05 Å². The lowest BCUT2D eigenvalue weighted by Gasteiger charge is -2.04. The number of ether oxygens (including phenoxy) is 1. The molecule has 1 heterocycles. The first-order chi connectivity index (χ1) is 11.5. The molecule has 0 unspecified atom stereocenters. The SMILES string of the molecule is COc1ccc2c(c1)sc(=NC(=O)Cc1cc(C)ccc1C)n2C. The van der Waals surface area contributed by atoms with Crippen molar-refractivity contribution in [1.82, 2.24) is 4.57 Å². The Morgan fingerprint density at radius 1 is 1.21 bits per heavy atom. The second-order valence-electron chi connectivity index (χ2n) is 5.89. The van der Waals surface area contributed by atoms with Crippen molar-refractivity contribution in [2.24, 2.45) is 12.0 Å². The minimum atomic E-state index is -0.127. The van der Waals surface area contributed by atoms with Gasteiger partial charge < -0.3 is 9.30 Å². The third-order valence-corrected chi connectivity index (χ3v) is 5.18. The molecule has 0 spiro atoms. The van der Waals surface area contributed by atoms with Gasteiger partial charge in [-0.3, -0.25) is 4.79 Å². The molecule has 1 aromatic heterocycles. The van der Waals surface area contributed by atoms with Crippen LogP contribution in [0.5, 0.6) is 5.75 Å². The molecular formula is C19H20N2O2S. The van der Waals surface area contributed by atoms with Gasteiger partial charge in [-0.1, -0.05) is 35.1 Å². The van der Waals surface area contributed by atoms with E-state index in [0.29, 0.717) is 11.2 Å². The van der Waals surface area contributed by atoms with Crippen LogP contribution in [-0.4, -0.2) is 17.6 Å². The van der Waals surface area contributed by atoms with E-state index < -0.39 is 0 Å². The first kappa shape index (κ1) is 16.5. The molecule has 24 heavy (non-hydrogen) atoms. The summed E-state index contributed by atoms with van der Waals surface area (Å²) in [5.41, 5.74) is 4.35. The Morgan fingerprint density at radius 3 is 2.75 bits per heavy atom. The zero-order valence-corrected chi connectivity index (χ0v) is 15.1. The molecule has 0 aliphatic rings. The molecule has 0 N–H and O–H groups in total. The summed E-state index contributed by atoms with van der Waals surface area (Å²) >= 11 is 1.50. The van der Waals surface area contributed by atoms with Crippen LogP contribution in [0.2, 0.25) is 0 Å². The number of carbonyl (C=O) groups is 1. The van der Waals surface area contributed by atoms with Crippen molar-refractivity contribution in [3.05, 3.63) is 57.9 Å². The van der Waals surface area contributed by atoms with Gasteiger partial charge in [0.05, 0.1) is 23.7 Å². The fraction of sp³-hybridized carbons (Fsp3) is 0.263.